The van der Waals surface area contributed by atoms with Gasteiger partial charge in [0.15, 0.2) is 0 Å². The molecule has 7 nitrogen and oxygen atoms in total. The first-order valence-corrected chi connectivity index (χ1v) is 12.1. The Morgan fingerprint density at radius 3 is 2.21 bits per heavy atom. The van der Waals surface area contributed by atoms with E-state index in [1.807, 2.05) is 31.2 Å². The van der Waals surface area contributed by atoms with Crippen molar-refractivity contribution in [3.05, 3.63) is 59.7 Å². The van der Waals surface area contributed by atoms with Gasteiger partial charge in [-0.3, -0.25) is 9.59 Å². The van der Waals surface area contributed by atoms with E-state index in [4.69, 9.17) is 4.74 Å². The number of carbonyl (C=O) groups is 3. The maximum absolute atomic E-state index is 12.7. The van der Waals surface area contributed by atoms with Crippen molar-refractivity contribution >= 4 is 18.0 Å². The van der Waals surface area contributed by atoms with Gasteiger partial charge in [-0.1, -0.05) is 61.4 Å². The molecule has 2 amide bonds. The largest absolute Gasteiger partial charge is 0.480 e. The monoisotopic (exact) mass is 464 g/mol. The average Bonchev–Trinajstić information content (AvgIpc) is 3.46. The molecule has 2 aromatic carbocycles. The van der Waals surface area contributed by atoms with Crippen LogP contribution in [0.1, 0.15) is 62.5 Å². The van der Waals surface area contributed by atoms with E-state index in [0.29, 0.717) is 6.42 Å². The first-order chi connectivity index (χ1) is 16.4. The van der Waals surface area contributed by atoms with Crippen LogP contribution in [0, 0.1) is 0 Å². The molecule has 0 aliphatic heterocycles. The Labute approximate surface area is 200 Å². The summed E-state index contributed by atoms with van der Waals surface area (Å²) in [4.78, 5) is 37.9. The quantitative estimate of drug-likeness (QED) is 0.568. The van der Waals surface area contributed by atoms with Crippen LogP contribution < -0.4 is 5.32 Å². The number of benzene rings is 2. The highest BCUT2D eigenvalue weighted by Crippen LogP contribution is 2.44. The Kier molecular flexibility index (Phi) is 7.50. The van der Waals surface area contributed by atoms with Gasteiger partial charge in [-0.2, -0.15) is 0 Å². The molecule has 1 atom stereocenters. The summed E-state index contributed by atoms with van der Waals surface area (Å²) in [5.41, 5.74) is 4.65. The van der Waals surface area contributed by atoms with Gasteiger partial charge >= 0.3 is 12.1 Å². The van der Waals surface area contributed by atoms with Gasteiger partial charge in [0.1, 0.15) is 13.2 Å². The third-order valence-electron chi connectivity index (χ3n) is 6.89. The molecular weight excluding hydrogens is 432 g/mol. The zero-order valence-electron chi connectivity index (χ0n) is 19.5. The minimum atomic E-state index is -0.995. The Morgan fingerprint density at radius 2 is 1.62 bits per heavy atom. The second-order valence-corrected chi connectivity index (χ2v) is 9.26. The van der Waals surface area contributed by atoms with Crippen molar-refractivity contribution in [3.63, 3.8) is 0 Å². The van der Waals surface area contributed by atoms with Crippen molar-refractivity contribution in [2.45, 2.75) is 63.5 Å². The molecule has 1 fully saturated rings. The van der Waals surface area contributed by atoms with Gasteiger partial charge in [-0.05, 0) is 48.4 Å². The number of hydrogen-bond donors (Lipinski definition) is 2. The summed E-state index contributed by atoms with van der Waals surface area (Å²) in [5, 5.41) is 12.0. The number of alkyl carbamates (subject to hydrolysis) is 1. The third kappa shape index (κ3) is 5.41. The van der Waals surface area contributed by atoms with Crippen LogP contribution in [0.3, 0.4) is 0 Å². The number of amides is 2. The van der Waals surface area contributed by atoms with Crippen LogP contribution in [0.25, 0.3) is 11.1 Å². The normalized spacial score (nSPS) is 15.9. The fourth-order valence-electron chi connectivity index (χ4n) is 5.18. The number of ether oxygens (including phenoxy) is 1. The van der Waals surface area contributed by atoms with E-state index in [9.17, 15) is 19.5 Å². The van der Waals surface area contributed by atoms with Crippen LogP contribution in [0.5, 0.6) is 0 Å². The molecule has 2 aliphatic rings. The highest BCUT2D eigenvalue weighted by atomic mass is 16.5. The number of carboxylic acids is 1. The molecule has 1 saturated carbocycles. The van der Waals surface area contributed by atoms with Gasteiger partial charge in [0.05, 0.1) is 0 Å². The number of carboxylic acid groups (broad SMARTS) is 1. The molecule has 0 heterocycles. The van der Waals surface area contributed by atoms with E-state index in [0.717, 1.165) is 36.8 Å². The minimum absolute atomic E-state index is 0.00831. The van der Waals surface area contributed by atoms with Crippen LogP contribution in [-0.2, 0) is 14.3 Å². The fourth-order valence-corrected chi connectivity index (χ4v) is 5.18. The van der Waals surface area contributed by atoms with Gasteiger partial charge < -0.3 is 20.1 Å². The maximum atomic E-state index is 12.7. The molecular formula is C27H32N2O5. The summed E-state index contributed by atoms with van der Waals surface area (Å²) in [7, 11) is 0. The van der Waals surface area contributed by atoms with E-state index < -0.39 is 12.1 Å². The molecule has 0 radical (unpaired) electrons. The molecule has 0 aromatic heterocycles. The molecule has 180 valence electrons. The Morgan fingerprint density at radius 1 is 1.03 bits per heavy atom. The lowest BCUT2D eigenvalue weighted by atomic mass is 9.98. The molecule has 2 aliphatic carbocycles. The molecule has 2 aromatic rings. The number of hydrogen-bond acceptors (Lipinski definition) is 4. The predicted molar refractivity (Wildman–Crippen MR) is 129 cm³/mol. The van der Waals surface area contributed by atoms with E-state index >= 15 is 0 Å². The molecule has 4 rings (SSSR count). The number of aliphatic carboxylic acids is 1. The van der Waals surface area contributed by atoms with Crippen molar-refractivity contribution in [1.29, 1.82) is 0 Å². The maximum Gasteiger partial charge on any atom is 0.407 e. The second-order valence-electron chi connectivity index (χ2n) is 9.26. The minimum Gasteiger partial charge on any atom is -0.480 e. The lowest BCUT2D eigenvalue weighted by Crippen LogP contribution is -2.43. The molecule has 0 bridgehead atoms. The summed E-state index contributed by atoms with van der Waals surface area (Å²) >= 11 is 0. The molecule has 0 saturated heterocycles. The standard InChI is InChI=1S/C27H32N2O5/c1-18(14-15-25(30)29(16-26(31)32)19-8-2-3-9-19)28-27(33)34-17-24-22-12-6-4-10-20(22)21-11-5-7-13-23(21)24/h4-7,10-13,18-19,24H,2-3,8-9,14-17H2,1H3,(H,28,33)(H,31,32). The second kappa shape index (κ2) is 10.7. The van der Waals surface area contributed by atoms with Crippen molar-refractivity contribution in [1.82, 2.24) is 10.2 Å². The highest BCUT2D eigenvalue weighted by Gasteiger charge is 2.30. The number of nitrogens with one attached hydrogen (secondary N) is 1. The summed E-state index contributed by atoms with van der Waals surface area (Å²) < 4.78 is 5.58. The van der Waals surface area contributed by atoms with Crippen LogP contribution in [0.4, 0.5) is 4.79 Å². The average molecular weight is 465 g/mol. The first kappa shape index (κ1) is 23.8. The van der Waals surface area contributed by atoms with Crippen LogP contribution >= 0.6 is 0 Å². The van der Waals surface area contributed by atoms with Crippen molar-refractivity contribution in [2.75, 3.05) is 13.2 Å². The van der Waals surface area contributed by atoms with E-state index in [-0.39, 0.29) is 43.5 Å². The fraction of sp³-hybridized carbons (Fsp3) is 0.444. The third-order valence-corrected chi connectivity index (χ3v) is 6.89. The number of nitrogens with zero attached hydrogens (tertiary/aromatic N) is 1. The van der Waals surface area contributed by atoms with E-state index in [1.165, 1.54) is 16.0 Å². The summed E-state index contributed by atoms with van der Waals surface area (Å²) in [5.74, 6) is -1.17. The van der Waals surface area contributed by atoms with Crippen LogP contribution in [-0.4, -0.2) is 53.2 Å². The molecule has 0 spiro atoms. The number of carbonyl (C=O) groups excluding carboxylic acids is 2. The Balaban J connectivity index is 1.27. The summed E-state index contributed by atoms with van der Waals surface area (Å²) in [6.45, 7) is 1.79. The zero-order chi connectivity index (χ0) is 24.1. The van der Waals surface area contributed by atoms with Crippen molar-refractivity contribution in [3.8, 4) is 11.1 Å². The van der Waals surface area contributed by atoms with Crippen LogP contribution in [0.15, 0.2) is 48.5 Å². The topological polar surface area (TPSA) is 95.9 Å². The molecule has 7 heteroatoms. The highest BCUT2D eigenvalue weighted by molar-refractivity contribution is 5.82. The Hall–Kier alpha value is -3.35. The molecule has 1 unspecified atom stereocenters. The Bertz CT molecular complexity index is 1000. The predicted octanol–water partition coefficient (Wildman–Crippen LogP) is 4.55. The summed E-state index contributed by atoms with van der Waals surface area (Å²) in [6, 6.07) is 16.1. The molecule has 2 N–H and O–H groups in total. The zero-order valence-corrected chi connectivity index (χ0v) is 19.5. The van der Waals surface area contributed by atoms with E-state index in [2.05, 4.69) is 29.6 Å². The number of fused-ring (bicyclic) bond motifs is 3. The van der Waals surface area contributed by atoms with Crippen LogP contribution in [0.2, 0.25) is 0 Å². The molecule has 34 heavy (non-hydrogen) atoms. The smallest absolute Gasteiger partial charge is 0.407 e. The van der Waals surface area contributed by atoms with Gasteiger partial charge in [0.2, 0.25) is 5.91 Å². The SMILES string of the molecule is CC(CCC(=O)N(CC(=O)O)C1CCCC1)NC(=O)OCC1c2ccccc2-c2ccccc21. The first-order valence-electron chi connectivity index (χ1n) is 12.1. The van der Waals surface area contributed by atoms with Gasteiger partial charge in [-0.15, -0.1) is 0 Å². The summed E-state index contributed by atoms with van der Waals surface area (Å²) in [6.07, 6.45) is 3.85. The van der Waals surface area contributed by atoms with Gasteiger partial charge in [0, 0.05) is 24.4 Å². The lowest BCUT2D eigenvalue weighted by Gasteiger charge is -2.28. The van der Waals surface area contributed by atoms with E-state index in [1.54, 1.807) is 0 Å². The number of rotatable bonds is 9. The van der Waals surface area contributed by atoms with Crippen molar-refractivity contribution < 1.29 is 24.2 Å². The van der Waals surface area contributed by atoms with Gasteiger partial charge in [0.25, 0.3) is 0 Å². The lowest BCUT2D eigenvalue weighted by molar-refractivity contribution is -0.146. The van der Waals surface area contributed by atoms with Crippen molar-refractivity contribution in [2.24, 2.45) is 0 Å². The van der Waals surface area contributed by atoms with Gasteiger partial charge in [-0.25, -0.2) is 4.79 Å².